The second-order valence-electron chi connectivity index (χ2n) is 8.38. The third-order valence-electron chi connectivity index (χ3n) is 6.12. The summed E-state index contributed by atoms with van der Waals surface area (Å²) in [6, 6.07) is 35.1. The summed E-state index contributed by atoms with van der Waals surface area (Å²) in [4.78, 5) is 0. The smallest absolute Gasteiger partial charge is 0.00134 e. The van der Waals surface area contributed by atoms with Gasteiger partial charge < -0.3 is 0 Å². The Labute approximate surface area is 179 Å². The molecular formula is C30H26. The second kappa shape index (κ2) is 7.80. The molecule has 0 saturated heterocycles. The van der Waals surface area contributed by atoms with Gasteiger partial charge in [0.15, 0.2) is 0 Å². The van der Waals surface area contributed by atoms with Crippen molar-refractivity contribution >= 4 is 11.6 Å². The van der Waals surface area contributed by atoms with Gasteiger partial charge in [0.05, 0.1) is 0 Å². The Morgan fingerprint density at radius 3 is 1.93 bits per heavy atom. The van der Waals surface area contributed by atoms with E-state index in [4.69, 9.17) is 0 Å². The lowest BCUT2D eigenvalue weighted by molar-refractivity contribution is 0.869. The first kappa shape index (κ1) is 18.6. The highest BCUT2D eigenvalue weighted by Crippen LogP contribution is 2.44. The third kappa shape index (κ3) is 3.29. The number of hydrogen-bond acceptors (Lipinski definition) is 0. The zero-order chi connectivity index (χ0) is 20.5. The molecule has 0 heteroatoms. The summed E-state index contributed by atoms with van der Waals surface area (Å²) in [7, 11) is 0. The van der Waals surface area contributed by atoms with E-state index in [2.05, 4.69) is 117 Å². The molecule has 0 radical (unpaired) electrons. The van der Waals surface area contributed by atoms with Gasteiger partial charge in [-0.1, -0.05) is 111 Å². The van der Waals surface area contributed by atoms with E-state index in [0.717, 1.165) is 6.42 Å². The highest BCUT2D eigenvalue weighted by atomic mass is 14.3. The van der Waals surface area contributed by atoms with Crippen molar-refractivity contribution in [2.24, 2.45) is 0 Å². The Balaban J connectivity index is 1.78. The third-order valence-corrected chi connectivity index (χ3v) is 6.12. The number of benzene rings is 4. The maximum Gasteiger partial charge on any atom is -0.00134 e. The first-order valence-electron chi connectivity index (χ1n) is 10.8. The number of hydrogen-bond donors (Lipinski definition) is 0. The van der Waals surface area contributed by atoms with Crippen molar-refractivity contribution in [1.82, 2.24) is 0 Å². The molecule has 0 heterocycles. The van der Waals surface area contributed by atoms with Gasteiger partial charge in [-0.3, -0.25) is 0 Å². The first-order chi connectivity index (χ1) is 14.7. The van der Waals surface area contributed by atoms with Gasteiger partial charge in [0.2, 0.25) is 0 Å². The van der Waals surface area contributed by atoms with Crippen LogP contribution in [0.25, 0.3) is 33.9 Å². The average molecular weight is 387 g/mol. The van der Waals surface area contributed by atoms with Crippen molar-refractivity contribution in [2.45, 2.75) is 26.2 Å². The standard InChI is InChI=1S/C30H26/c1-21(2)26-15-9-10-16-28(26)30-27(23-13-7-4-8-14-23)18-17-24-19-25(20-29(24)30)22-11-5-3-6-12-22/h3-18,20-21H,19H2,1-2H3. The Morgan fingerprint density at radius 1 is 0.600 bits per heavy atom. The van der Waals surface area contributed by atoms with Gasteiger partial charge in [0.1, 0.15) is 0 Å². The highest BCUT2D eigenvalue weighted by molar-refractivity contribution is 5.99. The molecule has 4 aromatic rings. The number of allylic oxidation sites excluding steroid dienone is 1. The molecule has 1 aliphatic rings. The minimum Gasteiger partial charge on any atom is -0.0622 e. The fourth-order valence-electron chi connectivity index (χ4n) is 4.63. The molecule has 4 aromatic carbocycles. The minimum atomic E-state index is 0.472. The van der Waals surface area contributed by atoms with Crippen molar-refractivity contribution < 1.29 is 0 Å². The Kier molecular flexibility index (Phi) is 4.85. The van der Waals surface area contributed by atoms with E-state index >= 15 is 0 Å². The van der Waals surface area contributed by atoms with E-state index in [1.165, 1.54) is 50.1 Å². The van der Waals surface area contributed by atoms with Gasteiger partial charge in [-0.15, -0.1) is 0 Å². The predicted octanol–water partition coefficient (Wildman–Crippen LogP) is 8.24. The largest absolute Gasteiger partial charge is 0.0622 e. The molecule has 0 aliphatic heterocycles. The molecule has 0 amide bonds. The molecule has 0 fully saturated rings. The summed E-state index contributed by atoms with van der Waals surface area (Å²) < 4.78 is 0. The van der Waals surface area contributed by atoms with Crippen LogP contribution in [-0.4, -0.2) is 0 Å². The summed E-state index contributed by atoms with van der Waals surface area (Å²) in [6.45, 7) is 4.57. The van der Waals surface area contributed by atoms with Crippen LogP contribution in [0.15, 0.2) is 97.1 Å². The summed E-state index contributed by atoms with van der Waals surface area (Å²) >= 11 is 0. The van der Waals surface area contributed by atoms with Crippen molar-refractivity contribution in [3.8, 4) is 22.3 Å². The molecule has 0 aromatic heterocycles. The van der Waals surface area contributed by atoms with Crippen LogP contribution in [0.3, 0.4) is 0 Å². The lowest BCUT2D eigenvalue weighted by Crippen LogP contribution is -1.97. The fraction of sp³-hybridized carbons (Fsp3) is 0.133. The summed E-state index contributed by atoms with van der Waals surface area (Å²) in [6.07, 6.45) is 3.41. The number of fused-ring (bicyclic) bond motifs is 1. The first-order valence-corrected chi connectivity index (χ1v) is 10.8. The van der Waals surface area contributed by atoms with Crippen molar-refractivity contribution in [3.05, 3.63) is 119 Å². The SMILES string of the molecule is CC(C)c1ccccc1-c1c(-c2ccccc2)ccc2c1C=C(c1ccccc1)C2. The van der Waals surface area contributed by atoms with E-state index in [1.807, 2.05) is 0 Å². The predicted molar refractivity (Wildman–Crippen MR) is 129 cm³/mol. The van der Waals surface area contributed by atoms with Crippen molar-refractivity contribution in [3.63, 3.8) is 0 Å². The molecular weight excluding hydrogens is 360 g/mol. The molecule has 30 heavy (non-hydrogen) atoms. The lowest BCUT2D eigenvalue weighted by Gasteiger charge is -2.19. The second-order valence-corrected chi connectivity index (χ2v) is 8.38. The molecule has 1 aliphatic carbocycles. The van der Waals surface area contributed by atoms with Crippen LogP contribution in [0.5, 0.6) is 0 Å². The van der Waals surface area contributed by atoms with Crippen LogP contribution in [0.4, 0.5) is 0 Å². The Hall–Kier alpha value is -3.38. The molecule has 146 valence electrons. The molecule has 0 saturated carbocycles. The molecule has 0 nitrogen and oxygen atoms in total. The van der Waals surface area contributed by atoms with Gasteiger partial charge in [0.25, 0.3) is 0 Å². The monoisotopic (exact) mass is 386 g/mol. The molecule has 0 atom stereocenters. The van der Waals surface area contributed by atoms with Gasteiger partial charge in [-0.2, -0.15) is 0 Å². The van der Waals surface area contributed by atoms with E-state index in [0.29, 0.717) is 5.92 Å². The summed E-state index contributed by atoms with van der Waals surface area (Å²) in [5, 5.41) is 0. The molecule has 0 spiro atoms. The van der Waals surface area contributed by atoms with E-state index in [-0.39, 0.29) is 0 Å². The average Bonchev–Trinajstić information content (AvgIpc) is 3.24. The quantitative estimate of drug-likeness (QED) is 0.331. The number of rotatable bonds is 4. The Bertz CT molecular complexity index is 1210. The zero-order valence-electron chi connectivity index (χ0n) is 17.6. The van der Waals surface area contributed by atoms with E-state index in [1.54, 1.807) is 0 Å². The van der Waals surface area contributed by atoms with Crippen molar-refractivity contribution in [2.75, 3.05) is 0 Å². The van der Waals surface area contributed by atoms with E-state index < -0.39 is 0 Å². The van der Waals surface area contributed by atoms with Crippen LogP contribution in [0.2, 0.25) is 0 Å². The van der Waals surface area contributed by atoms with Gasteiger partial charge in [0, 0.05) is 0 Å². The van der Waals surface area contributed by atoms with Crippen molar-refractivity contribution in [1.29, 1.82) is 0 Å². The van der Waals surface area contributed by atoms with Crippen LogP contribution in [-0.2, 0) is 6.42 Å². The molecule has 0 N–H and O–H groups in total. The van der Waals surface area contributed by atoms with E-state index in [9.17, 15) is 0 Å². The van der Waals surface area contributed by atoms with Crippen LogP contribution >= 0.6 is 0 Å². The minimum absolute atomic E-state index is 0.472. The normalized spacial score (nSPS) is 12.7. The molecule has 5 rings (SSSR count). The summed E-state index contributed by atoms with van der Waals surface area (Å²) in [5.41, 5.74) is 12.2. The summed E-state index contributed by atoms with van der Waals surface area (Å²) in [5.74, 6) is 0.472. The fourth-order valence-corrected chi connectivity index (χ4v) is 4.63. The van der Waals surface area contributed by atoms with Gasteiger partial charge in [-0.25, -0.2) is 0 Å². The molecule has 0 bridgehead atoms. The lowest BCUT2D eigenvalue weighted by atomic mass is 9.84. The van der Waals surface area contributed by atoms with Gasteiger partial charge in [-0.05, 0) is 68.5 Å². The van der Waals surface area contributed by atoms with Crippen LogP contribution in [0.1, 0.15) is 42.0 Å². The maximum atomic E-state index is 2.42. The Morgan fingerprint density at radius 2 is 1.23 bits per heavy atom. The van der Waals surface area contributed by atoms with Crippen LogP contribution < -0.4 is 0 Å². The van der Waals surface area contributed by atoms with Gasteiger partial charge >= 0.3 is 0 Å². The molecule has 0 unspecified atom stereocenters. The topological polar surface area (TPSA) is 0 Å². The van der Waals surface area contributed by atoms with Crippen LogP contribution in [0, 0.1) is 0 Å². The highest BCUT2D eigenvalue weighted by Gasteiger charge is 2.23. The maximum absolute atomic E-state index is 2.42. The zero-order valence-corrected chi connectivity index (χ0v) is 17.6.